The van der Waals surface area contributed by atoms with Crippen molar-refractivity contribution in [2.45, 2.75) is 11.8 Å². The molecule has 152 valence electrons. The van der Waals surface area contributed by atoms with E-state index in [9.17, 15) is 13.2 Å². The fourth-order valence-electron chi connectivity index (χ4n) is 2.32. The predicted octanol–water partition coefficient (Wildman–Crippen LogP) is 2.42. The van der Waals surface area contributed by atoms with Crippen LogP contribution < -0.4 is 9.47 Å². The Bertz CT molecular complexity index is 928. The molecule has 0 aliphatic carbocycles. The minimum atomic E-state index is -4.00. The number of sulfonamides is 1. The first-order valence-corrected chi connectivity index (χ1v) is 9.81. The van der Waals surface area contributed by atoms with Crippen LogP contribution in [0.4, 0.5) is 0 Å². The third-order valence-electron chi connectivity index (χ3n) is 3.85. The van der Waals surface area contributed by atoms with Gasteiger partial charge in [0.2, 0.25) is 0 Å². The van der Waals surface area contributed by atoms with Gasteiger partial charge in [0.1, 0.15) is 29.6 Å². The highest BCUT2D eigenvalue weighted by molar-refractivity contribution is 7.89. The Morgan fingerprint density at radius 2 is 1.82 bits per heavy atom. The summed E-state index contributed by atoms with van der Waals surface area (Å²) < 4.78 is 41.5. The van der Waals surface area contributed by atoms with Crippen molar-refractivity contribution in [3.63, 3.8) is 0 Å². The first kappa shape index (κ1) is 21.7. The van der Waals surface area contributed by atoms with Gasteiger partial charge in [0.05, 0.1) is 19.8 Å². The summed E-state index contributed by atoms with van der Waals surface area (Å²) in [5.74, 6) is 0.0896. The Labute approximate surface area is 164 Å². The quantitative estimate of drug-likeness (QED) is 0.357. The van der Waals surface area contributed by atoms with Crippen LogP contribution in [0, 0.1) is 6.92 Å². The molecule has 28 heavy (non-hydrogen) atoms. The fraction of sp³-hybridized carbons (Fsp3) is 0.316. The van der Waals surface area contributed by atoms with Crippen LogP contribution in [0.5, 0.6) is 11.5 Å². The molecule has 0 bridgehead atoms. The first-order valence-electron chi connectivity index (χ1n) is 8.37. The van der Waals surface area contributed by atoms with E-state index in [1.807, 2.05) is 31.2 Å². The zero-order valence-corrected chi connectivity index (χ0v) is 17.0. The third-order valence-corrected chi connectivity index (χ3v) is 5.55. The van der Waals surface area contributed by atoms with Crippen molar-refractivity contribution in [2.75, 3.05) is 34.5 Å². The molecule has 0 unspecified atom stereocenters. The molecule has 0 N–H and O–H groups in total. The molecule has 0 saturated heterocycles. The molecule has 2 aromatic rings. The highest BCUT2D eigenvalue weighted by Gasteiger charge is 2.26. The molecule has 8 nitrogen and oxygen atoms in total. The van der Waals surface area contributed by atoms with E-state index in [1.165, 1.54) is 39.5 Å². The summed E-state index contributed by atoms with van der Waals surface area (Å²) in [4.78, 5) is 16.8. The summed E-state index contributed by atoms with van der Waals surface area (Å²) >= 11 is 0. The molecule has 2 rings (SSSR count). The van der Waals surface area contributed by atoms with Crippen molar-refractivity contribution >= 4 is 16.0 Å². The zero-order chi connectivity index (χ0) is 20.7. The lowest BCUT2D eigenvalue weighted by Crippen LogP contribution is -2.26. The molecule has 0 aromatic heterocycles. The van der Waals surface area contributed by atoms with Gasteiger partial charge in [0, 0.05) is 7.05 Å². The number of nitrogens with zero attached hydrogens (tertiary/aromatic N) is 1. The molecular weight excluding hydrogens is 386 g/mol. The van der Waals surface area contributed by atoms with E-state index in [1.54, 1.807) is 0 Å². The van der Waals surface area contributed by atoms with Gasteiger partial charge < -0.3 is 14.2 Å². The molecule has 0 atom stereocenters. The number of hydrogen-bond acceptors (Lipinski definition) is 7. The van der Waals surface area contributed by atoms with Crippen LogP contribution in [0.2, 0.25) is 0 Å². The highest BCUT2D eigenvalue weighted by atomic mass is 32.2. The third kappa shape index (κ3) is 5.22. The van der Waals surface area contributed by atoms with Crippen molar-refractivity contribution < 1.29 is 32.3 Å². The Hall–Kier alpha value is -2.62. The largest absolute Gasteiger partial charge is 0.495 e. The van der Waals surface area contributed by atoms with E-state index < -0.39 is 16.0 Å². The number of hydroxylamine groups is 1. The van der Waals surface area contributed by atoms with Crippen LogP contribution in [-0.2, 0) is 19.6 Å². The summed E-state index contributed by atoms with van der Waals surface area (Å²) in [5.41, 5.74) is 1.13. The number of carbonyl (C=O) groups excluding carboxylic acids is 1. The maximum Gasteiger partial charge on any atom is 0.338 e. The van der Waals surface area contributed by atoms with Gasteiger partial charge in [-0.25, -0.2) is 13.2 Å². The maximum atomic E-state index is 12.5. The lowest BCUT2D eigenvalue weighted by molar-refractivity contribution is -0.0259. The number of esters is 1. The average Bonchev–Trinajstić information content (AvgIpc) is 2.69. The number of aryl methyl sites for hydroxylation is 1. The number of hydrogen-bond donors (Lipinski definition) is 0. The van der Waals surface area contributed by atoms with E-state index in [0.717, 1.165) is 5.56 Å². The Balaban J connectivity index is 2.06. The Morgan fingerprint density at radius 1 is 1.07 bits per heavy atom. The van der Waals surface area contributed by atoms with Crippen LogP contribution in [0.1, 0.15) is 15.9 Å². The van der Waals surface area contributed by atoms with Crippen molar-refractivity contribution in [3.05, 3.63) is 53.6 Å². The van der Waals surface area contributed by atoms with Gasteiger partial charge in [0.15, 0.2) is 0 Å². The number of rotatable bonds is 9. The summed E-state index contributed by atoms with van der Waals surface area (Å²) in [7, 11) is -0.207. The van der Waals surface area contributed by atoms with Gasteiger partial charge in [-0.15, -0.1) is 0 Å². The summed E-state index contributed by atoms with van der Waals surface area (Å²) in [6.07, 6.45) is 0. The molecule has 0 saturated carbocycles. The lowest BCUT2D eigenvalue weighted by atomic mass is 10.2. The van der Waals surface area contributed by atoms with Crippen LogP contribution in [0.25, 0.3) is 0 Å². The smallest absolute Gasteiger partial charge is 0.338 e. The van der Waals surface area contributed by atoms with E-state index >= 15 is 0 Å². The van der Waals surface area contributed by atoms with Crippen LogP contribution in [0.15, 0.2) is 47.4 Å². The molecule has 0 spiro atoms. The molecule has 0 aliphatic rings. The first-order chi connectivity index (χ1) is 13.3. The molecule has 9 heteroatoms. The minimum absolute atomic E-state index is 0.0128. The summed E-state index contributed by atoms with van der Waals surface area (Å²) in [6.45, 7) is 2.13. The van der Waals surface area contributed by atoms with Gasteiger partial charge >= 0.3 is 5.97 Å². The minimum Gasteiger partial charge on any atom is -0.495 e. The second-order valence-electron chi connectivity index (χ2n) is 5.76. The van der Waals surface area contributed by atoms with Crippen LogP contribution in [0.3, 0.4) is 0 Å². The molecule has 0 aliphatic heterocycles. The lowest BCUT2D eigenvalue weighted by Gasteiger charge is -2.17. The predicted molar refractivity (Wildman–Crippen MR) is 102 cm³/mol. The van der Waals surface area contributed by atoms with Crippen molar-refractivity contribution in [2.24, 2.45) is 0 Å². The van der Waals surface area contributed by atoms with E-state index in [4.69, 9.17) is 19.0 Å². The molecule has 0 heterocycles. The van der Waals surface area contributed by atoms with E-state index in [-0.39, 0.29) is 29.4 Å². The molecule has 0 radical (unpaired) electrons. The molecular formula is C19H23NO7S. The van der Waals surface area contributed by atoms with E-state index in [2.05, 4.69) is 0 Å². The highest BCUT2D eigenvalue weighted by Crippen LogP contribution is 2.27. The Morgan fingerprint density at radius 3 is 2.46 bits per heavy atom. The zero-order valence-electron chi connectivity index (χ0n) is 16.2. The van der Waals surface area contributed by atoms with Gasteiger partial charge in [-0.05, 0) is 42.8 Å². The van der Waals surface area contributed by atoms with Gasteiger partial charge in [-0.2, -0.15) is 0 Å². The second kappa shape index (κ2) is 9.54. The number of carbonyl (C=O) groups is 1. The second-order valence-corrected chi connectivity index (χ2v) is 7.67. The molecule has 0 fully saturated rings. The van der Waals surface area contributed by atoms with Crippen molar-refractivity contribution in [3.8, 4) is 11.5 Å². The van der Waals surface area contributed by atoms with Gasteiger partial charge in [-0.3, -0.25) is 4.84 Å². The Kier molecular flexibility index (Phi) is 7.38. The van der Waals surface area contributed by atoms with E-state index in [0.29, 0.717) is 10.2 Å². The molecule has 0 amide bonds. The van der Waals surface area contributed by atoms with Gasteiger partial charge in [0.25, 0.3) is 10.0 Å². The maximum absolute atomic E-state index is 12.5. The van der Waals surface area contributed by atoms with Crippen molar-refractivity contribution in [1.82, 2.24) is 4.47 Å². The summed E-state index contributed by atoms with van der Waals surface area (Å²) in [6, 6.07) is 11.5. The van der Waals surface area contributed by atoms with Crippen LogP contribution >= 0.6 is 0 Å². The standard InChI is InChI=1S/C19H23NO7S/c1-14-6-5-7-16(12-14)26-10-11-27-19(21)15-8-9-17(24-3)18(13-15)28(22,23)20(2)25-4/h5-9,12-13H,10-11H2,1-4H3. The average molecular weight is 409 g/mol. The van der Waals surface area contributed by atoms with Crippen molar-refractivity contribution in [1.29, 1.82) is 0 Å². The summed E-state index contributed by atoms with van der Waals surface area (Å²) in [5, 5.41) is 0. The SMILES string of the molecule is COc1ccc(C(=O)OCCOc2cccc(C)c2)cc1S(=O)(=O)N(C)OC. The van der Waals surface area contributed by atoms with Gasteiger partial charge in [-0.1, -0.05) is 16.6 Å². The topological polar surface area (TPSA) is 91.4 Å². The fourth-order valence-corrected chi connectivity index (χ4v) is 3.48. The van der Waals surface area contributed by atoms with Crippen LogP contribution in [-0.4, -0.2) is 53.3 Å². The number of ether oxygens (including phenoxy) is 3. The number of methoxy groups -OCH3 is 1. The molecule has 2 aromatic carbocycles. The monoisotopic (exact) mass is 409 g/mol. The normalized spacial score (nSPS) is 11.3. The number of benzene rings is 2.